The van der Waals surface area contributed by atoms with Crippen LogP contribution >= 0.6 is 0 Å². The van der Waals surface area contributed by atoms with E-state index >= 15 is 0 Å². The van der Waals surface area contributed by atoms with E-state index in [1.54, 1.807) is 0 Å². The Labute approximate surface area is 88.8 Å². The standard InChI is InChI=1S/C10H16N2O3/c1-12-6-10(3-4-11-9(10)14)5-7(12)8(13)15-2/h7H,3-6H2,1-2H3,(H,11,14). The van der Waals surface area contributed by atoms with E-state index in [0.717, 1.165) is 13.0 Å². The first-order valence-corrected chi connectivity index (χ1v) is 5.15. The fraction of sp³-hybridized carbons (Fsp3) is 0.800. The van der Waals surface area contributed by atoms with E-state index in [4.69, 9.17) is 4.74 Å². The van der Waals surface area contributed by atoms with Gasteiger partial charge in [0.2, 0.25) is 5.91 Å². The second-order valence-electron chi connectivity index (χ2n) is 4.44. The lowest BCUT2D eigenvalue weighted by Crippen LogP contribution is -2.34. The van der Waals surface area contributed by atoms with E-state index in [2.05, 4.69) is 5.32 Å². The Kier molecular flexibility index (Phi) is 2.42. The SMILES string of the molecule is COC(=O)C1CC2(CCNC2=O)CN1C. The van der Waals surface area contributed by atoms with Gasteiger partial charge in [0.25, 0.3) is 0 Å². The molecule has 2 fully saturated rings. The van der Waals surface area contributed by atoms with Crippen LogP contribution in [0.15, 0.2) is 0 Å². The van der Waals surface area contributed by atoms with Gasteiger partial charge in [-0.3, -0.25) is 14.5 Å². The van der Waals surface area contributed by atoms with Gasteiger partial charge in [-0.1, -0.05) is 0 Å². The minimum absolute atomic E-state index is 0.0840. The summed E-state index contributed by atoms with van der Waals surface area (Å²) < 4.78 is 4.73. The normalized spacial score (nSPS) is 35.9. The maximum Gasteiger partial charge on any atom is 0.323 e. The van der Waals surface area contributed by atoms with Crippen molar-refractivity contribution in [3.63, 3.8) is 0 Å². The van der Waals surface area contributed by atoms with Crippen LogP contribution < -0.4 is 5.32 Å². The maximum atomic E-state index is 11.7. The number of methoxy groups -OCH3 is 1. The zero-order chi connectivity index (χ0) is 11.1. The van der Waals surface area contributed by atoms with E-state index in [-0.39, 0.29) is 23.3 Å². The van der Waals surface area contributed by atoms with Crippen LogP contribution in [0.2, 0.25) is 0 Å². The Morgan fingerprint density at radius 1 is 1.67 bits per heavy atom. The Hall–Kier alpha value is -1.10. The second-order valence-corrected chi connectivity index (χ2v) is 4.44. The number of likely N-dealkylation sites (N-methyl/N-ethyl adjacent to an activating group) is 1. The van der Waals surface area contributed by atoms with E-state index in [0.29, 0.717) is 13.0 Å². The highest BCUT2D eigenvalue weighted by atomic mass is 16.5. The van der Waals surface area contributed by atoms with Gasteiger partial charge in [-0.25, -0.2) is 0 Å². The van der Waals surface area contributed by atoms with Crippen LogP contribution in [0.1, 0.15) is 12.8 Å². The van der Waals surface area contributed by atoms with Crippen LogP contribution in [0.5, 0.6) is 0 Å². The molecule has 0 saturated carbocycles. The lowest BCUT2D eigenvalue weighted by molar-refractivity contribution is -0.145. The molecule has 2 unspecified atom stereocenters. The Balaban J connectivity index is 2.15. The van der Waals surface area contributed by atoms with Gasteiger partial charge >= 0.3 is 5.97 Å². The summed E-state index contributed by atoms with van der Waals surface area (Å²) in [5, 5.41) is 2.83. The molecule has 0 radical (unpaired) electrons. The molecule has 2 aliphatic rings. The Morgan fingerprint density at radius 3 is 2.93 bits per heavy atom. The Bertz CT molecular complexity index is 305. The molecule has 2 atom stereocenters. The van der Waals surface area contributed by atoms with Crippen LogP contribution in [-0.2, 0) is 14.3 Å². The number of hydrogen-bond acceptors (Lipinski definition) is 4. The molecule has 1 spiro atoms. The third-order valence-corrected chi connectivity index (χ3v) is 3.51. The summed E-state index contributed by atoms with van der Waals surface area (Å²) in [6, 6.07) is -0.265. The second kappa shape index (κ2) is 3.48. The molecular weight excluding hydrogens is 196 g/mol. The minimum atomic E-state index is -0.354. The zero-order valence-corrected chi connectivity index (χ0v) is 9.08. The number of esters is 1. The largest absolute Gasteiger partial charge is 0.468 e. The molecule has 5 nitrogen and oxygen atoms in total. The lowest BCUT2D eigenvalue weighted by Gasteiger charge is -2.18. The molecule has 1 amide bonds. The van der Waals surface area contributed by atoms with Crippen molar-refractivity contribution in [3.05, 3.63) is 0 Å². The third kappa shape index (κ3) is 1.51. The molecule has 15 heavy (non-hydrogen) atoms. The molecule has 0 aromatic rings. The van der Waals surface area contributed by atoms with Gasteiger partial charge in [-0.05, 0) is 19.9 Å². The van der Waals surface area contributed by atoms with Crippen molar-refractivity contribution >= 4 is 11.9 Å². The monoisotopic (exact) mass is 212 g/mol. The molecule has 2 heterocycles. The molecule has 2 aliphatic heterocycles. The van der Waals surface area contributed by atoms with Gasteiger partial charge in [0.1, 0.15) is 6.04 Å². The van der Waals surface area contributed by atoms with Crippen molar-refractivity contribution in [3.8, 4) is 0 Å². The Morgan fingerprint density at radius 2 is 2.40 bits per heavy atom. The third-order valence-electron chi connectivity index (χ3n) is 3.51. The molecule has 2 saturated heterocycles. The van der Waals surface area contributed by atoms with Crippen LogP contribution in [0.4, 0.5) is 0 Å². The first kappa shape index (κ1) is 10.4. The number of likely N-dealkylation sites (tertiary alicyclic amines) is 1. The minimum Gasteiger partial charge on any atom is -0.468 e. The van der Waals surface area contributed by atoms with Crippen LogP contribution in [0.25, 0.3) is 0 Å². The number of rotatable bonds is 1. The van der Waals surface area contributed by atoms with E-state index in [9.17, 15) is 9.59 Å². The number of carbonyl (C=O) groups is 2. The lowest BCUT2D eigenvalue weighted by atomic mass is 9.84. The first-order chi connectivity index (χ1) is 7.09. The van der Waals surface area contributed by atoms with Gasteiger partial charge in [0.05, 0.1) is 12.5 Å². The van der Waals surface area contributed by atoms with E-state index in [1.807, 2.05) is 11.9 Å². The van der Waals surface area contributed by atoms with Crippen molar-refractivity contribution in [1.82, 2.24) is 10.2 Å². The fourth-order valence-corrected chi connectivity index (χ4v) is 2.64. The van der Waals surface area contributed by atoms with Crippen molar-refractivity contribution in [2.75, 3.05) is 27.2 Å². The molecule has 0 aliphatic carbocycles. The topological polar surface area (TPSA) is 58.6 Å². The predicted octanol–water partition coefficient (Wildman–Crippen LogP) is -0.630. The van der Waals surface area contributed by atoms with Gasteiger partial charge < -0.3 is 10.1 Å². The van der Waals surface area contributed by atoms with Crippen LogP contribution in [0.3, 0.4) is 0 Å². The summed E-state index contributed by atoms with van der Waals surface area (Å²) in [5.74, 6) is -0.158. The molecule has 1 N–H and O–H groups in total. The highest BCUT2D eigenvalue weighted by Crippen LogP contribution is 2.40. The summed E-state index contributed by atoms with van der Waals surface area (Å²) >= 11 is 0. The summed E-state index contributed by atoms with van der Waals surface area (Å²) in [5.41, 5.74) is -0.354. The fourth-order valence-electron chi connectivity index (χ4n) is 2.64. The number of carbonyl (C=O) groups excluding carboxylic acids is 2. The quantitative estimate of drug-likeness (QED) is 0.588. The predicted molar refractivity (Wildman–Crippen MR) is 53.1 cm³/mol. The van der Waals surface area contributed by atoms with Crippen LogP contribution in [0, 0.1) is 5.41 Å². The van der Waals surface area contributed by atoms with E-state index in [1.165, 1.54) is 7.11 Å². The highest BCUT2D eigenvalue weighted by Gasteiger charge is 2.52. The molecule has 84 valence electrons. The van der Waals surface area contributed by atoms with Gasteiger partial charge in [0, 0.05) is 13.1 Å². The van der Waals surface area contributed by atoms with Gasteiger partial charge in [-0.2, -0.15) is 0 Å². The van der Waals surface area contributed by atoms with Crippen molar-refractivity contribution in [2.45, 2.75) is 18.9 Å². The van der Waals surface area contributed by atoms with Gasteiger partial charge in [-0.15, -0.1) is 0 Å². The summed E-state index contributed by atoms with van der Waals surface area (Å²) in [7, 11) is 3.25. The number of nitrogens with zero attached hydrogens (tertiary/aromatic N) is 1. The van der Waals surface area contributed by atoms with Crippen molar-refractivity contribution in [2.24, 2.45) is 5.41 Å². The average Bonchev–Trinajstić information content (AvgIpc) is 2.72. The van der Waals surface area contributed by atoms with Crippen molar-refractivity contribution < 1.29 is 14.3 Å². The summed E-state index contributed by atoms with van der Waals surface area (Å²) in [6.07, 6.45) is 1.41. The number of ether oxygens (including phenoxy) is 1. The summed E-state index contributed by atoms with van der Waals surface area (Å²) in [4.78, 5) is 25.1. The number of nitrogens with one attached hydrogen (secondary N) is 1. The first-order valence-electron chi connectivity index (χ1n) is 5.15. The van der Waals surface area contributed by atoms with Gasteiger partial charge in [0.15, 0.2) is 0 Å². The van der Waals surface area contributed by atoms with Crippen molar-refractivity contribution in [1.29, 1.82) is 0 Å². The number of hydrogen-bond donors (Lipinski definition) is 1. The molecule has 0 aromatic heterocycles. The molecule has 5 heteroatoms. The highest BCUT2D eigenvalue weighted by molar-refractivity contribution is 5.87. The smallest absolute Gasteiger partial charge is 0.323 e. The average molecular weight is 212 g/mol. The molecule has 0 aromatic carbocycles. The molecule has 2 rings (SSSR count). The molecule has 0 bridgehead atoms. The maximum absolute atomic E-state index is 11.7. The summed E-state index contributed by atoms with van der Waals surface area (Å²) in [6.45, 7) is 1.37. The molecular formula is C10H16N2O3. The number of amides is 1. The van der Waals surface area contributed by atoms with E-state index < -0.39 is 0 Å². The van der Waals surface area contributed by atoms with Crippen LogP contribution in [-0.4, -0.2) is 50.1 Å². The zero-order valence-electron chi connectivity index (χ0n) is 9.08.